The minimum atomic E-state index is -0.217. The second kappa shape index (κ2) is 6.97. The number of nitrogens with zero attached hydrogens (tertiary/aromatic N) is 2. The van der Waals surface area contributed by atoms with Gasteiger partial charge in [0.05, 0.1) is 10.2 Å². The Hall–Kier alpha value is -2.98. The van der Waals surface area contributed by atoms with Crippen LogP contribution in [0, 0.1) is 13.8 Å². The van der Waals surface area contributed by atoms with E-state index in [1.54, 1.807) is 11.3 Å². The third-order valence-corrected chi connectivity index (χ3v) is 5.96. The highest BCUT2D eigenvalue weighted by Crippen LogP contribution is 2.22. The van der Waals surface area contributed by atoms with E-state index in [9.17, 15) is 4.79 Å². The molecule has 0 aliphatic carbocycles. The van der Waals surface area contributed by atoms with Crippen LogP contribution in [0.3, 0.4) is 0 Å². The number of hydrogen-bond acceptors (Lipinski definition) is 2. The van der Waals surface area contributed by atoms with Crippen molar-refractivity contribution in [3.05, 3.63) is 88.2 Å². The van der Waals surface area contributed by atoms with Gasteiger partial charge in [0.1, 0.15) is 0 Å². The van der Waals surface area contributed by atoms with Gasteiger partial charge in [0.15, 0.2) is 4.80 Å². The van der Waals surface area contributed by atoms with Gasteiger partial charge in [-0.25, -0.2) is 0 Å². The van der Waals surface area contributed by atoms with Crippen LogP contribution in [0.4, 0.5) is 0 Å². The van der Waals surface area contributed by atoms with E-state index in [2.05, 4.69) is 43.1 Å². The van der Waals surface area contributed by atoms with Gasteiger partial charge in [0, 0.05) is 12.6 Å². The van der Waals surface area contributed by atoms with Crippen molar-refractivity contribution in [2.24, 2.45) is 12.0 Å². The van der Waals surface area contributed by atoms with Crippen LogP contribution in [0.25, 0.3) is 21.3 Å². The Morgan fingerprint density at radius 1 is 0.889 bits per heavy atom. The van der Waals surface area contributed by atoms with Crippen molar-refractivity contribution in [2.45, 2.75) is 13.8 Å². The summed E-state index contributed by atoms with van der Waals surface area (Å²) in [5.74, 6) is -0.217. The zero-order valence-electron chi connectivity index (χ0n) is 15.6. The van der Waals surface area contributed by atoms with Crippen molar-refractivity contribution >= 4 is 27.5 Å². The fraction of sp³-hybridized carbons (Fsp3) is 0.130. The van der Waals surface area contributed by atoms with Gasteiger partial charge in [0.2, 0.25) is 0 Å². The molecule has 3 aromatic carbocycles. The van der Waals surface area contributed by atoms with Crippen LogP contribution < -0.4 is 4.80 Å². The zero-order chi connectivity index (χ0) is 19.0. The van der Waals surface area contributed by atoms with E-state index in [4.69, 9.17) is 0 Å². The van der Waals surface area contributed by atoms with Crippen molar-refractivity contribution in [1.82, 2.24) is 4.57 Å². The van der Waals surface area contributed by atoms with Gasteiger partial charge in [-0.05, 0) is 60.4 Å². The summed E-state index contributed by atoms with van der Waals surface area (Å²) in [7, 11) is 1.96. The number of carbonyl (C=O) groups excluding carboxylic acids is 1. The highest BCUT2D eigenvalue weighted by molar-refractivity contribution is 7.16. The summed E-state index contributed by atoms with van der Waals surface area (Å²) in [6, 6.07) is 22.1. The van der Waals surface area contributed by atoms with E-state index >= 15 is 0 Å². The summed E-state index contributed by atoms with van der Waals surface area (Å²) < 4.78 is 3.13. The quantitative estimate of drug-likeness (QED) is 0.472. The number of benzene rings is 3. The molecule has 4 rings (SSSR count). The van der Waals surface area contributed by atoms with E-state index in [-0.39, 0.29) is 5.91 Å². The SMILES string of the molecule is Cc1cc2sc(=NC(=O)c3ccc(-c4ccccc4)cc3)n(C)c2cc1C. The Morgan fingerprint density at radius 2 is 1.52 bits per heavy atom. The molecule has 0 saturated heterocycles. The second-order valence-electron chi connectivity index (χ2n) is 6.71. The van der Waals surface area contributed by atoms with Gasteiger partial charge in [-0.2, -0.15) is 4.99 Å². The Morgan fingerprint density at radius 3 is 2.22 bits per heavy atom. The van der Waals surface area contributed by atoms with Crippen LogP contribution in [0.1, 0.15) is 21.5 Å². The van der Waals surface area contributed by atoms with Crippen LogP contribution in [0.5, 0.6) is 0 Å². The molecule has 0 unspecified atom stereocenters. The minimum absolute atomic E-state index is 0.217. The van der Waals surface area contributed by atoms with E-state index in [0.29, 0.717) is 10.4 Å². The molecule has 0 saturated carbocycles. The average molecular weight is 372 g/mol. The largest absolute Gasteiger partial charge is 0.319 e. The van der Waals surface area contributed by atoms with Crippen molar-refractivity contribution in [2.75, 3.05) is 0 Å². The molecule has 0 atom stereocenters. The summed E-state index contributed by atoms with van der Waals surface area (Å²) in [5, 5.41) is 0. The number of amides is 1. The molecule has 27 heavy (non-hydrogen) atoms. The van der Waals surface area contributed by atoms with Crippen LogP contribution in [0.15, 0.2) is 71.7 Å². The van der Waals surface area contributed by atoms with E-state index in [0.717, 1.165) is 21.3 Å². The first-order chi connectivity index (χ1) is 13.0. The van der Waals surface area contributed by atoms with Crippen molar-refractivity contribution in [1.29, 1.82) is 0 Å². The lowest BCUT2D eigenvalue weighted by Crippen LogP contribution is -2.13. The van der Waals surface area contributed by atoms with Crippen molar-refractivity contribution < 1.29 is 4.79 Å². The summed E-state index contributed by atoms with van der Waals surface area (Å²) in [4.78, 5) is 17.7. The molecule has 0 bridgehead atoms. The molecule has 4 heteroatoms. The van der Waals surface area contributed by atoms with E-state index in [1.807, 2.05) is 54.1 Å². The molecule has 0 spiro atoms. The molecule has 0 fully saturated rings. The molecule has 3 nitrogen and oxygen atoms in total. The molecule has 4 aromatic rings. The van der Waals surface area contributed by atoms with Gasteiger partial charge in [-0.3, -0.25) is 4.79 Å². The molecule has 1 heterocycles. The van der Waals surface area contributed by atoms with E-state index < -0.39 is 0 Å². The lowest BCUT2D eigenvalue weighted by molar-refractivity contribution is 0.0998. The highest BCUT2D eigenvalue weighted by atomic mass is 32.1. The highest BCUT2D eigenvalue weighted by Gasteiger charge is 2.09. The number of aromatic nitrogens is 1. The molecule has 0 aliphatic rings. The third-order valence-electron chi connectivity index (χ3n) is 4.86. The number of hydrogen-bond donors (Lipinski definition) is 0. The molecule has 1 amide bonds. The number of aryl methyl sites for hydroxylation is 3. The smallest absolute Gasteiger partial charge is 0.279 e. The minimum Gasteiger partial charge on any atom is -0.319 e. The number of carbonyl (C=O) groups is 1. The predicted molar refractivity (Wildman–Crippen MR) is 112 cm³/mol. The normalized spacial score (nSPS) is 11.9. The third kappa shape index (κ3) is 3.36. The topological polar surface area (TPSA) is 34.4 Å². The van der Waals surface area contributed by atoms with Crippen molar-refractivity contribution in [3.63, 3.8) is 0 Å². The molecule has 0 radical (unpaired) electrons. The molecular weight excluding hydrogens is 352 g/mol. The molecule has 1 aromatic heterocycles. The average Bonchev–Trinajstić information content (AvgIpc) is 2.98. The maximum atomic E-state index is 12.7. The number of thiazole rings is 1. The summed E-state index contributed by atoms with van der Waals surface area (Å²) in [6.45, 7) is 4.20. The lowest BCUT2D eigenvalue weighted by atomic mass is 10.0. The van der Waals surface area contributed by atoms with Gasteiger partial charge >= 0.3 is 0 Å². The Kier molecular flexibility index (Phi) is 4.50. The van der Waals surface area contributed by atoms with Gasteiger partial charge in [-0.1, -0.05) is 53.8 Å². The van der Waals surface area contributed by atoms with Crippen LogP contribution in [-0.2, 0) is 7.05 Å². The standard InChI is InChI=1S/C23H20N2OS/c1-15-13-20-21(14-16(15)2)27-23(25(20)3)24-22(26)19-11-9-18(10-12-19)17-7-5-4-6-8-17/h4-14H,1-3H3. The van der Waals surface area contributed by atoms with Crippen LogP contribution >= 0.6 is 11.3 Å². The number of rotatable bonds is 2. The second-order valence-corrected chi connectivity index (χ2v) is 7.72. The first-order valence-electron chi connectivity index (χ1n) is 8.84. The monoisotopic (exact) mass is 372 g/mol. The Balaban J connectivity index is 1.69. The van der Waals surface area contributed by atoms with Crippen LogP contribution in [-0.4, -0.2) is 10.5 Å². The number of fused-ring (bicyclic) bond motifs is 1. The van der Waals surface area contributed by atoms with Gasteiger partial charge < -0.3 is 4.57 Å². The lowest BCUT2D eigenvalue weighted by Gasteiger charge is -2.02. The Bertz CT molecular complexity index is 1200. The fourth-order valence-electron chi connectivity index (χ4n) is 3.07. The summed E-state index contributed by atoms with van der Waals surface area (Å²) in [5.41, 5.74) is 6.41. The maximum Gasteiger partial charge on any atom is 0.279 e. The molecule has 0 aliphatic heterocycles. The van der Waals surface area contributed by atoms with Crippen LogP contribution in [0.2, 0.25) is 0 Å². The fourth-order valence-corrected chi connectivity index (χ4v) is 4.17. The first kappa shape index (κ1) is 17.4. The van der Waals surface area contributed by atoms with Crippen molar-refractivity contribution in [3.8, 4) is 11.1 Å². The van der Waals surface area contributed by atoms with Gasteiger partial charge in [-0.15, -0.1) is 0 Å². The summed E-state index contributed by atoms with van der Waals surface area (Å²) in [6.07, 6.45) is 0. The predicted octanol–water partition coefficient (Wildman–Crippen LogP) is 5.26. The maximum absolute atomic E-state index is 12.7. The molecule has 134 valence electrons. The Labute approximate surface area is 162 Å². The summed E-state index contributed by atoms with van der Waals surface area (Å²) >= 11 is 1.55. The molecular formula is C23H20N2OS. The first-order valence-corrected chi connectivity index (χ1v) is 9.66. The zero-order valence-corrected chi connectivity index (χ0v) is 16.4. The van der Waals surface area contributed by atoms with Gasteiger partial charge in [0.25, 0.3) is 5.91 Å². The van der Waals surface area contributed by atoms with E-state index in [1.165, 1.54) is 11.1 Å². The molecule has 0 N–H and O–H groups in total.